The fraction of sp³-hybridized carbons (Fsp3) is 0.438. The van der Waals surface area contributed by atoms with Crippen LogP contribution in [0.4, 0.5) is 0 Å². The number of carbonyl (C=O) groups is 1. The van der Waals surface area contributed by atoms with Crippen LogP contribution in [0.15, 0.2) is 24.3 Å². The lowest BCUT2D eigenvalue weighted by Gasteiger charge is -2.15. The maximum absolute atomic E-state index is 12.0. The van der Waals surface area contributed by atoms with Crippen LogP contribution in [0.25, 0.3) is 10.9 Å². The standard InChI is InChI=1S/C16H22N2O2/c1-10(2)15(19)9-17-16(20)8-13-11(3)18-14-7-5-4-6-12(13)14/h4-7,10,15,18-19H,8-9H2,1-3H3,(H,17,20). The number of amides is 1. The molecular weight excluding hydrogens is 252 g/mol. The average molecular weight is 274 g/mol. The molecule has 0 aliphatic rings. The topological polar surface area (TPSA) is 65.1 Å². The van der Waals surface area contributed by atoms with Crippen LogP contribution >= 0.6 is 0 Å². The molecule has 2 aromatic rings. The third-order valence-electron chi connectivity index (χ3n) is 3.64. The van der Waals surface area contributed by atoms with Gasteiger partial charge < -0.3 is 15.4 Å². The van der Waals surface area contributed by atoms with Gasteiger partial charge in [0.25, 0.3) is 0 Å². The van der Waals surface area contributed by atoms with Gasteiger partial charge in [0.2, 0.25) is 5.91 Å². The number of hydrogen-bond donors (Lipinski definition) is 3. The number of benzene rings is 1. The number of carbonyl (C=O) groups excluding carboxylic acids is 1. The first-order valence-corrected chi connectivity index (χ1v) is 7.00. The Balaban J connectivity index is 2.05. The third-order valence-corrected chi connectivity index (χ3v) is 3.64. The molecule has 1 aromatic carbocycles. The second-order valence-corrected chi connectivity index (χ2v) is 5.57. The Morgan fingerprint density at radius 1 is 1.35 bits per heavy atom. The monoisotopic (exact) mass is 274 g/mol. The van der Waals surface area contributed by atoms with Crippen molar-refractivity contribution in [3.63, 3.8) is 0 Å². The van der Waals surface area contributed by atoms with E-state index in [1.807, 2.05) is 45.0 Å². The zero-order valence-electron chi connectivity index (χ0n) is 12.2. The fourth-order valence-corrected chi connectivity index (χ4v) is 2.24. The van der Waals surface area contributed by atoms with Crippen LogP contribution in [0.1, 0.15) is 25.1 Å². The van der Waals surface area contributed by atoms with E-state index in [9.17, 15) is 9.90 Å². The fourth-order valence-electron chi connectivity index (χ4n) is 2.24. The Morgan fingerprint density at radius 3 is 2.75 bits per heavy atom. The molecule has 2 rings (SSSR count). The molecule has 108 valence electrons. The van der Waals surface area contributed by atoms with Crippen molar-refractivity contribution < 1.29 is 9.90 Å². The largest absolute Gasteiger partial charge is 0.391 e. The Morgan fingerprint density at radius 2 is 2.05 bits per heavy atom. The van der Waals surface area contributed by atoms with Gasteiger partial charge in [-0.05, 0) is 24.5 Å². The molecule has 0 saturated heterocycles. The summed E-state index contributed by atoms with van der Waals surface area (Å²) in [6.07, 6.45) is -0.163. The molecule has 1 unspecified atom stereocenters. The second kappa shape index (κ2) is 6.09. The highest BCUT2D eigenvalue weighted by Crippen LogP contribution is 2.22. The van der Waals surface area contributed by atoms with Crippen molar-refractivity contribution >= 4 is 16.8 Å². The minimum Gasteiger partial charge on any atom is -0.391 e. The maximum atomic E-state index is 12.0. The average Bonchev–Trinajstić information content (AvgIpc) is 2.72. The molecule has 20 heavy (non-hydrogen) atoms. The van der Waals surface area contributed by atoms with Crippen molar-refractivity contribution in [3.8, 4) is 0 Å². The molecular formula is C16H22N2O2. The molecule has 0 aliphatic carbocycles. The second-order valence-electron chi connectivity index (χ2n) is 5.57. The number of H-pyrrole nitrogens is 1. The molecule has 4 nitrogen and oxygen atoms in total. The number of fused-ring (bicyclic) bond motifs is 1. The first kappa shape index (κ1) is 14.6. The summed E-state index contributed by atoms with van der Waals surface area (Å²) >= 11 is 0. The van der Waals surface area contributed by atoms with Crippen molar-refractivity contribution in [1.82, 2.24) is 10.3 Å². The van der Waals surface area contributed by atoms with Crippen molar-refractivity contribution in [2.75, 3.05) is 6.54 Å². The Kier molecular flexibility index (Phi) is 4.45. The molecule has 0 radical (unpaired) electrons. The van der Waals surface area contributed by atoms with Gasteiger partial charge in [-0.25, -0.2) is 0 Å². The SMILES string of the molecule is Cc1[nH]c2ccccc2c1CC(=O)NCC(O)C(C)C. The van der Waals surface area contributed by atoms with E-state index in [-0.39, 0.29) is 11.8 Å². The minimum atomic E-state index is -0.497. The highest BCUT2D eigenvalue weighted by molar-refractivity contribution is 5.90. The number of aliphatic hydroxyl groups is 1. The number of aryl methyl sites for hydroxylation is 1. The predicted molar refractivity (Wildman–Crippen MR) is 80.6 cm³/mol. The van der Waals surface area contributed by atoms with Gasteiger partial charge in [-0.15, -0.1) is 0 Å². The third kappa shape index (κ3) is 3.20. The van der Waals surface area contributed by atoms with E-state index >= 15 is 0 Å². The first-order valence-electron chi connectivity index (χ1n) is 7.00. The quantitative estimate of drug-likeness (QED) is 0.782. The van der Waals surface area contributed by atoms with E-state index in [0.717, 1.165) is 22.2 Å². The zero-order valence-corrected chi connectivity index (χ0v) is 12.2. The van der Waals surface area contributed by atoms with Gasteiger partial charge in [0.1, 0.15) is 0 Å². The molecule has 0 fully saturated rings. The molecule has 4 heteroatoms. The number of hydrogen-bond acceptors (Lipinski definition) is 2. The molecule has 0 saturated carbocycles. The summed E-state index contributed by atoms with van der Waals surface area (Å²) < 4.78 is 0. The summed E-state index contributed by atoms with van der Waals surface area (Å²) in [7, 11) is 0. The van der Waals surface area contributed by atoms with Gasteiger partial charge in [-0.2, -0.15) is 0 Å². The number of aromatic nitrogens is 1. The summed E-state index contributed by atoms with van der Waals surface area (Å²) in [5, 5.41) is 13.6. The summed E-state index contributed by atoms with van der Waals surface area (Å²) in [4.78, 5) is 15.3. The van der Waals surface area contributed by atoms with Crippen LogP contribution < -0.4 is 5.32 Å². The molecule has 3 N–H and O–H groups in total. The number of nitrogens with one attached hydrogen (secondary N) is 2. The van der Waals surface area contributed by atoms with Crippen LogP contribution in [-0.2, 0) is 11.2 Å². The van der Waals surface area contributed by atoms with E-state index in [1.165, 1.54) is 0 Å². The Labute approximate surface area is 119 Å². The number of aromatic amines is 1. The summed E-state index contributed by atoms with van der Waals surface area (Å²) in [5.41, 5.74) is 3.10. The molecule has 0 spiro atoms. The Hall–Kier alpha value is -1.81. The van der Waals surface area contributed by atoms with Gasteiger partial charge in [-0.3, -0.25) is 4.79 Å². The predicted octanol–water partition coefficient (Wildman–Crippen LogP) is 2.15. The van der Waals surface area contributed by atoms with Crippen LogP contribution in [0.3, 0.4) is 0 Å². The lowest BCUT2D eigenvalue weighted by molar-refractivity contribution is -0.121. The van der Waals surface area contributed by atoms with E-state index in [4.69, 9.17) is 0 Å². The van der Waals surface area contributed by atoms with Gasteiger partial charge in [0.15, 0.2) is 0 Å². The normalized spacial score (nSPS) is 12.8. The number of para-hydroxylation sites is 1. The highest BCUT2D eigenvalue weighted by Gasteiger charge is 2.14. The minimum absolute atomic E-state index is 0.0578. The van der Waals surface area contributed by atoms with Crippen molar-refractivity contribution in [1.29, 1.82) is 0 Å². The lowest BCUT2D eigenvalue weighted by Crippen LogP contribution is -2.35. The van der Waals surface area contributed by atoms with Crippen LogP contribution in [-0.4, -0.2) is 28.6 Å². The van der Waals surface area contributed by atoms with E-state index < -0.39 is 6.10 Å². The van der Waals surface area contributed by atoms with Gasteiger partial charge in [0.05, 0.1) is 12.5 Å². The molecule has 0 bridgehead atoms. The van der Waals surface area contributed by atoms with Crippen LogP contribution in [0.2, 0.25) is 0 Å². The van der Waals surface area contributed by atoms with E-state index in [1.54, 1.807) is 0 Å². The van der Waals surface area contributed by atoms with Gasteiger partial charge >= 0.3 is 0 Å². The van der Waals surface area contributed by atoms with Crippen molar-refractivity contribution in [3.05, 3.63) is 35.5 Å². The van der Waals surface area contributed by atoms with Gasteiger partial charge in [-0.1, -0.05) is 32.0 Å². The van der Waals surface area contributed by atoms with Gasteiger partial charge in [0, 0.05) is 23.1 Å². The summed E-state index contributed by atoms with van der Waals surface area (Å²) in [6, 6.07) is 7.97. The molecule has 1 amide bonds. The van der Waals surface area contributed by atoms with Crippen LogP contribution in [0, 0.1) is 12.8 Å². The molecule has 1 heterocycles. The first-order chi connectivity index (χ1) is 9.49. The smallest absolute Gasteiger partial charge is 0.224 e. The lowest BCUT2D eigenvalue weighted by atomic mass is 10.1. The summed E-state index contributed by atoms with van der Waals surface area (Å²) in [6.45, 7) is 6.14. The Bertz CT molecular complexity index is 602. The maximum Gasteiger partial charge on any atom is 0.224 e. The highest BCUT2D eigenvalue weighted by atomic mass is 16.3. The zero-order chi connectivity index (χ0) is 14.7. The number of rotatable bonds is 5. The number of aliphatic hydroxyl groups excluding tert-OH is 1. The van der Waals surface area contributed by atoms with E-state index in [2.05, 4.69) is 10.3 Å². The summed E-state index contributed by atoms with van der Waals surface area (Å²) in [5.74, 6) is 0.0858. The molecule has 1 atom stereocenters. The van der Waals surface area contributed by atoms with Crippen molar-refractivity contribution in [2.24, 2.45) is 5.92 Å². The van der Waals surface area contributed by atoms with Crippen molar-refractivity contribution in [2.45, 2.75) is 33.3 Å². The molecule has 0 aliphatic heterocycles. The molecule has 1 aromatic heterocycles. The van der Waals surface area contributed by atoms with Crippen LogP contribution in [0.5, 0.6) is 0 Å². The van der Waals surface area contributed by atoms with E-state index in [0.29, 0.717) is 13.0 Å².